The fraction of sp³-hybridized carbons (Fsp3) is 0.333. The van der Waals surface area contributed by atoms with Crippen molar-refractivity contribution in [3.63, 3.8) is 0 Å². The van der Waals surface area contributed by atoms with E-state index in [0.29, 0.717) is 18.1 Å². The molecule has 0 saturated carbocycles. The summed E-state index contributed by atoms with van der Waals surface area (Å²) < 4.78 is 10.9. The zero-order valence-corrected chi connectivity index (χ0v) is 20.3. The molecule has 1 amide bonds. The second-order valence-electron chi connectivity index (χ2n) is 8.49. The largest absolute Gasteiger partial charge is 0.493 e. The highest BCUT2D eigenvalue weighted by atomic mass is 16.5. The van der Waals surface area contributed by atoms with Gasteiger partial charge in [0, 0.05) is 43.3 Å². The fourth-order valence-electron chi connectivity index (χ4n) is 4.07. The average molecular weight is 461 g/mol. The van der Waals surface area contributed by atoms with Crippen molar-refractivity contribution in [2.24, 2.45) is 0 Å². The van der Waals surface area contributed by atoms with E-state index in [-0.39, 0.29) is 5.91 Å². The predicted molar refractivity (Wildman–Crippen MR) is 138 cm³/mol. The Morgan fingerprint density at radius 1 is 1.09 bits per heavy atom. The lowest BCUT2D eigenvalue weighted by atomic mass is 10.1. The first kappa shape index (κ1) is 23.6. The zero-order chi connectivity index (χ0) is 24.1. The molecule has 1 aliphatic rings. The van der Waals surface area contributed by atoms with Crippen LogP contribution in [0.5, 0.6) is 11.5 Å². The second kappa shape index (κ2) is 10.6. The van der Waals surface area contributed by atoms with Crippen molar-refractivity contribution in [2.45, 2.75) is 13.8 Å². The molecule has 7 heteroatoms. The molecule has 1 N–H and O–H groups in total. The molecule has 7 nitrogen and oxygen atoms in total. The molecule has 0 aliphatic carbocycles. The van der Waals surface area contributed by atoms with E-state index in [1.54, 1.807) is 13.2 Å². The number of nitrogens with zero attached hydrogens (tertiary/aromatic N) is 3. The molecule has 0 spiro atoms. The number of anilines is 2. The van der Waals surface area contributed by atoms with Gasteiger partial charge in [-0.2, -0.15) is 0 Å². The van der Waals surface area contributed by atoms with E-state index in [0.717, 1.165) is 59.7 Å². The van der Waals surface area contributed by atoms with Crippen LogP contribution >= 0.6 is 0 Å². The highest BCUT2D eigenvalue weighted by Crippen LogP contribution is 2.29. The van der Waals surface area contributed by atoms with Gasteiger partial charge < -0.3 is 24.6 Å². The number of ether oxygens (including phenoxy) is 2. The lowest BCUT2D eigenvalue weighted by molar-refractivity contribution is -0.111. The van der Waals surface area contributed by atoms with Crippen molar-refractivity contribution in [2.75, 3.05) is 57.2 Å². The van der Waals surface area contributed by atoms with Gasteiger partial charge in [0.25, 0.3) is 0 Å². The highest BCUT2D eigenvalue weighted by molar-refractivity contribution is 6.03. The Balaban J connectivity index is 1.46. The lowest BCUT2D eigenvalue weighted by Gasteiger charge is -2.33. The Morgan fingerprint density at radius 2 is 1.88 bits per heavy atom. The Bertz CT molecular complexity index is 1200. The van der Waals surface area contributed by atoms with Gasteiger partial charge in [0.2, 0.25) is 5.91 Å². The number of carbonyl (C=O) groups excluding carboxylic acids is 1. The van der Waals surface area contributed by atoms with Gasteiger partial charge in [-0.15, -0.1) is 0 Å². The number of aromatic nitrogens is 1. The number of hydrogen-bond donors (Lipinski definition) is 1. The third-order valence-corrected chi connectivity index (χ3v) is 6.01. The maximum atomic E-state index is 12.5. The first-order chi connectivity index (χ1) is 16.5. The summed E-state index contributed by atoms with van der Waals surface area (Å²) in [6.07, 6.45) is 3.27. The minimum atomic E-state index is -0.202. The highest BCUT2D eigenvalue weighted by Gasteiger charge is 2.16. The van der Waals surface area contributed by atoms with Gasteiger partial charge in [0.15, 0.2) is 11.5 Å². The summed E-state index contributed by atoms with van der Waals surface area (Å²) in [6, 6.07) is 13.6. The van der Waals surface area contributed by atoms with Gasteiger partial charge in [-0.3, -0.25) is 4.79 Å². The molecule has 0 radical (unpaired) electrons. The van der Waals surface area contributed by atoms with Crippen molar-refractivity contribution in [1.29, 1.82) is 0 Å². The summed E-state index contributed by atoms with van der Waals surface area (Å²) in [5.74, 6) is 2.14. The molecule has 0 atom stereocenters. The first-order valence-electron chi connectivity index (χ1n) is 11.6. The van der Waals surface area contributed by atoms with E-state index in [4.69, 9.17) is 14.5 Å². The number of benzene rings is 2. The molecule has 1 fully saturated rings. The van der Waals surface area contributed by atoms with E-state index in [2.05, 4.69) is 35.2 Å². The molecule has 1 aromatic heterocycles. The van der Waals surface area contributed by atoms with Crippen LogP contribution in [0.25, 0.3) is 17.0 Å². The number of aryl methyl sites for hydroxylation is 1. The van der Waals surface area contributed by atoms with Crippen LogP contribution in [0.1, 0.15) is 18.1 Å². The molecule has 1 saturated heterocycles. The standard InChI is InChI=1S/C27H32N4O3/c1-5-34-24-10-6-20(17-25(24)33-4)7-11-27(32)28-21-8-9-23-22(18-21)19(2)16-26(29-23)31-14-12-30(3)13-15-31/h6-11,16-18H,5,12-15H2,1-4H3,(H,28,32)/b11-7+. The predicted octanol–water partition coefficient (Wildman–Crippen LogP) is 4.35. The third kappa shape index (κ3) is 5.48. The number of rotatable bonds is 7. The molecule has 178 valence electrons. The molecule has 1 aliphatic heterocycles. The van der Waals surface area contributed by atoms with Gasteiger partial charge in [-0.1, -0.05) is 6.07 Å². The minimum Gasteiger partial charge on any atom is -0.493 e. The average Bonchev–Trinajstić information content (AvgIpc) is 2.84. The molecule has 34 heavy (non-hydrogen) atoms. The molecule has 2 aromatic carbocycles. The van der Waals surface area contributed by atoms with Crippen LogP contribution < -0.4 is 19.7 Å². The van der Waals surface area contributed by atoms with Crippen LogP contribution in [-0.2, 0) is 4.79 Å². The molecule has 0 unspecified atom stereocenters. The number of pyridine rings is 1. The number of fused-ring (bicyclic) bond motifs is 1. The number of likely N-dealkylation sites (N-methyl/N-ethyl adjacent to an activating group) is 1. The van der Waals surface area contributed by atoms with Gasteiger partial charge >= 0.3 is 0 Å². The number of hydrogen-bond acceptors (Lipinski definition) is 6. The second-order valence-corrected chi connectivity index (χ2v) is 8.49. The van der Waals surface area contributed by atoms with Crippen LogP contribution in [0.3, 0.4) is 0 Å². The number of nitrogens with one attached hydrogen (secondary N) is 1. The maximum Gasteiger partial charge on any atom is 0.248 e. The van der Waals surface area contributed by atoms with E-state index in [9.17, 15) is 4.79 Å². The molecular formula is C27H32N4O3. The van der Waals surface area contributed by atoms with Crippen LogP contribution in [0.15, 0.2) is 48.5 Å². The van der Waals surface area contributed by atoms with Gasteiger partial charge in [0.05, 0.1) is 19.2 Å². The summed E-state index contributed by atoms with van der Waals surface area (Å²) in [7, 11) is 3.75. The SMILES string of the molecule is CCOc1ccc(/C=C/C(=O)Nc2ccc3nc(N4CCN(C)CC4)cc(C)c3c2)cc1OC. The van der Waals surface area contributed by atoms with Crippen molar-refractivity contribution in [3.05, 3.63) is 59.7 Å². The number of carbonyl (C=O) groups is 1. The summed E-state index contributed by atoms with van der Waals surface area (Å²) >= 11 is 0. The minimum absolute atomic E-state index is 0.202. The number of amides is 1. The van der Waals surface area contributed by atoms with E-state index < -0.39 is 0 Å². The van der Waals surface area contributed by atoms with Crippen LogP contribution in [0.4, 0.5) is 11.5 Å². The van der Waals surface area contributed by atoms with Gasteiger partial charge in [-0.25, -0.2) is 4.98 Å². The van der Waals surface area contributed by atoms with Crippen molar-refractivity contribution in [3.8, 4) is 11.5 Å². The van der Waals surface area contributed by atoms with E-state index >= 15 is 0 Å². The van der Waals surface area contributed by atoms with E-state index in [1.165, 1.54) is 6.08 Å². The maximum absolute atomic E-state index is 12.5. The van der Waals surface area contributed by atoms with Crippen LogP contribution in [-0.4, -0.2) is 62.7 Å². The summed E-state index contributed by atoms with van der Waals surface area (Å²) in [6.45, 7) is 8.63. The monoisotopic (exact) mass is 460 g/mol. The molecular weight excluding hydrogens is 428 g/mol. The fourth-order valence-corrected chi connectivity index (χ4v) is 4.07. The van der Waals surface area contributed by atoms with Gasteiger partial charge in [0.1, 0.15) is 5.82 Å². The first-order valence-corrected chi connectivity index (χ1v) is 11.6. The smallest absolute Gasteiger partial charge is 0.248 e. The van der Waals surface area contributed by atoms with Gasteiger partial charge in [-0.05, 0) is 74.5 Å². The van der Waals surface area contributed by atoms with Crippen LogP contribution in [0.2, 0.25) is 0 Å². The summed E-state index contributed by atoms with van der Waals surface area (Å²) in [5, 5.41) is 3.99. The van der Waals surface area contributed by atoms with Crippen molar-refractivity contribution in [1.82, 2.24) is 9.88 Å². The topological polar surface area (TPSA) is 66.9 Å². The quantitative estimate of drug-likeness (QED) is 0.529. The Hall–Kier alpha value is -3.58. The van der Waals surface area contributed by atoms with Crippen molar-refractivity contribution >= 4 is 34.4 Å². The van der Waals surface area contributed by atoms with E-state index in [1.807, 2.05) is 43.3 Å². The number of piperazine rings is 1. The Labute approximate surface area is 201 Å². The third-order valence-electron chi connectivity index (χ3n) is 6.01. The molecule has 4 rings (SSSR count). The normalized spacial score (nSPS) is 14.5. The lowest BCUT2D eigenvalue weighted by Crippen LogP contribution is -2.44. The summed E-state index contributed by atoms with van der Waals surface area (Å²) in [4.78, 5) is 22.1. The van der Waals surface area contributed by atoms with Crippen molar-refractivity contribution < 1.29 is 14.3 Å². The molecule has 0 bridgehead atoms. The Kier molecular flexibility index (Phi) is 7.33. The number of methoxy groups -OCH3 is 1. The zero-order valence-electron chi connectivity index (χ0n) is 20.3. The molecule has 3 aromatic rings. The summed E-state index contributed by atoms with van der Waals surface area (Å²) in [5.41, 5.74) is 3.67. The Morgan fingerprint density at radius 3 is 2.62 bits per heavy atom. The van der Waals surface area contributed by atoms with Crippen LogP contribution in [0, 0.1) is 6.92 Å². The molecule has 2 heterocycles.